The van der Waals surface area contributed by atoms with Gasteiger partial charge < -0.3 is 37.9 Å². The number of halogens is 1. The van der Waals surface area contributed by atoms with Crippen LogP contribution in [0.25, 0.3) is 0 Å². The first-order valence-corrected chi connectivity index (χ1v) is 20.0. The molecule has 2 aliphatic heterocycles. The van der Waals surface area contributed by atoms with Gasteiger partial charge in [-0.05, 0) is 80.0 Å². The van der Waals surface area contributed by atoms with Crippen molar-refractivity contribution in [2.24, 2.45) is 0 Å². The summed E-state index contributed by atoms with van der Waals surface area (Å²) in [5.41, 5.74) is 0.661. The summed E-state index contributed by atoms with van der Waals surface area (Å²) in [6.45, 7) is 16.5. The second kappa shape index (κ2) is 17.6. The lowest BCUT2D eigenvalue weighted by Crippen LogP contribution is -2.49. The Hall–Kier alpha value is -2.54. The van der Waals surface area contributed by atoms with Gasteiger partial charge in [-0.25, -0.2) is 9.18 Å². The predicted molar refractivity (Wildman–Crippen MR) is 185 cm³/mol. The number of carbonyl (C=O) groups is 3. The van der Waals surface area contributed by atoms with Gasteiger partial charge in [0.2, 0.25) is 11.8 Å². The molecule has 2 heterocycles. The summed E-state index contributed by atoms with van der Waals surface area (Å²) < 4.78 is 72.7. The average Bonchev–Trinajstić information content (AvgIpc) is 3.34. The zero-order chi connectivity index (χ0) is 36.7. The monoisotopic (exact) mass is 734 g/mol. The third-order valence-electron chi connectivity index (χ3n) is 7.45. The van der Waals surface area contributed by atoms with Gasteiger partial charge in [0.05, 0.1) is 48.9 Å². The number of anilines is 2. The van der Waals surface area contributed by atoms with Crippen molar-refractivity contribution < 1.29 is 50.7 Å². The zero-order valence-corrected chi connectivity index (χ0v) is 31.8. The number of hydrogen-bond acceptors (Lipinski definition) is 11. The van der Waals surface area contributed by atoms with Crippen molar-refractivity contribution >= 4 is 44.5 Å². The normalized spacial score (nSPS) is 17.7. The molecule has 1 unspecified atom stereocenters. The average molecular weight is 735 g/mol. The molecule has 278 valence electrons. The number of amides is 3. The van der Waals surface area contributed by atoms with Gasteiger partial charge in [-0.1, -0.05) is 0 Å². The molecule has 2 saturated heterocycles. The molecular weight excluding hydrogens is 681 g/mol. The molecule has 3 amide bonds. The van der Waals surface area contributed by atoms with Crippen LogP contribution in [0.3, 0.4) is 0 Å². The molecule has 1 aromatic rings. The van der Waals surface area contributed by atoms with Crippen LogP contribution >= 0.6 is 15.2 Å². The fourth-order valence-corrected chi connectivity index (χ4v) is 11.6. The Labute approximate surface area is 289 Å². The minimum Gasteiger partial charge on any atom is -0.442 e. The Bertz CT molecular complexity index is 1340. The van der Waals surface area contributed by atoms with E-state index >= 15 is 4.39 Å². The van der Waals surface area contributed by atoms with Gasteiger partial charge in [0.15, 0.2) is 5.40 Å². The Balaban J connectivity index is 1.70. The van der Waals surface area contributed by atoms with Gasteiger partial charge in [0.25, 0.3) is 0 Å². The number of hydrogen-bond donors (Lipinski definition) is 1. The summed E-state index contributed by atoms with van der Waals surface area (Å²) in [5, 5.41) is 1.26. The van der Waals surface area contributed by atoms with E-state index in [9.17, 15) is 23.5 Å². The molecule has 14 nitrogen and oxygen atoms in total. The van der Waals surface area contributed by atoms with Crippen LogP contribution in [0.15, 0.2) is 18.2 Å². The Morgan fingerprint density at radius 2 is 1.41 bits per heavy atom. The molecular formula is C32H53FN4O10P2. The number of carbonyl (C=O) groups excluding carboxylic acids is 3. The maximum absolute atomic E-state index is 15.4. The Kier molecular flexibility index (Phi) is 14.7. The molecule has 0 aromatic heterocycles. The van der Waals surface area contributed by atoms with Crippen molar-refractivity contribution in [3.05, 3.63) is 24.0 Å². The van der Waals surface area contributed by atoms with Crippen LogP contribution in [0.5, 0.6) is 0 Å². The third kappa shape index (κ3) is 11.5. The van der Waals surface area contributed by atoms with Gasteiger partial charge in [0, 0.05) is 39.5 Å². The molecule has 1 N–H and O–H groups in total. The van der Waals surface area contributed by atoms with Crippen LogP contribution < -0.4 is 15.1 Å². The van der Waals surface area contributed by atoms with Crippen molar-refractivity contribution in [3.63, 3.8) is 0 Å². The number of piperazine rings is 1. The maximum Gasteiger partial charge on any atom is 0.414 e. The van der Waals surface area contributed by atoms with Crippen molar-refractivity contribution in [1.29, 1.82) is 0 Å². The maximum atomic E-state index is 15.4. The van der Waals surface area contributed by atoms with E-state index in [0.717, 1.165) is 0 Å². The van der Waals surface area contributed by atoms with Crippen LogP contribution in [-0.4, -0.2) is 98.0 Å². The first-order valence-electron chi connectivity index (χ1n) is 16.8. The zero-order valence-electron chi connectivity index (χ0n) is 30.0. The molecule has 17 heteroatoms. The number of nitrogens with one attached hydrogen (secondary N) is 1. The summed E-state index contributed by atoms with van der Waals surface area (Å²) in [4.78, 5) is 41.9. The number of cyclic esters (lactones) is 1. The molecule has 2 aliphatic rings. The quantitative estimate of drug-likeness (QED) is 0.184. The molecule has 0 aliphatic carbocycles. The van der Waals surface area contributed by atoms with Crippen molar-refractivity contribution in [3.8, 4) is 0 Å². The molecule has 0 spiro atoms. The summed E-state index contributed by atoms with van der Waals surface area (Å²) >= 11 is 0. The number of ether oxygens (including phenoxy) is 1. The summed E-state index contributed by atoms with van der Waals surface area (Å²) in [5.74, 6) is -1.04. The topological polar surface area (TPSA) is 153 Å². The fourth-order valence-electron chi connectivity index (χ4n) is 5.62. The SMILES string of the molecule is CC(=O)NCC1CN(c2ccc(N3CCN(C(=O)CCC(P(=O)(OC(C)C)OC(C)C)P(=O)(OC(C)C)OC(C)C)CC3)c(F)c2)C(=O)O1. The lowest BCUT2D eigenvalue weighted by Gasteiger charge is -2.37. The highest BCUT2D eigenvalue weighted by Gasteiger charge is 2.53. The lowest BCUT2D eigenvalue weighted by atomic mass is 10.2. The largest absolute Gasteiger partial charge is 0.442 e. The fraction of sp³-hybridized carbons (Fsp3) is 0.719. The van der Waals surface area contributed by atoms with E-state index < -0.39 is 63.0 Å². The third-order valence-corrected chi connectivity index (χ3v) is 14.0. The highest BCUT2D eigenvalue weighted by molar-refractivity contribution is 7.72. The highest BCUT2D eigenvalue weighted by atomic mass is 31.2. The van der Waals surface area contributed by atoms with E-state index in [1.807, 2.05) is 4.90 Å². The van der Waals surface area contributed by atoms with E-state index in [4.69, 9.17) is 22.8 Å². The Morgan fingerprint density at radius 3 is 1.86 bits per heavy atom. The second-order valence-electron chi connectivity index (χ2n) is 13.3. The summed E-state index contributed by atoms with van der Waals surface area (Å²) in [6.07, 6.45) is -3.56. The molecule has 1 aromatic carbocycles. The van der Waals surface area contributed by atoms with Gasteiger partial charge >= 0.3 is 21.3 Å². The van der Waals surface area contributed by atoms with E-state index in [1.165, 1.54) is 17.9 Å². The van der Waals surface area contributed by atoms with Crippen molar-refractivity contribution in [1.82, 2.24) is 10.2 Å². The molecule has 0 bridgehead atoms. The van der Waals surface area contributed by atoms with Gasteiger partial charge in [-0.2, -0.15) is 0 Å². The highest BCUT2D eigenvalue weighted by Crippen LogP contribution is 2.73. The number of rotatable bonds is 17. The minimum absolute atomic E-state index is 0.123. The smallest absolute Gasteiger partial charge is 0.414 e. The first-order chi connectivity index (χ1) is 22.8. The molecule has 3 rings (SSSR count). The second-order valence-corrected chi connectivity index (χ2v) is 17.9. The molecule has 1 atom stereocenters. The number of nitrogens with zero attached hydrogens (tertiary/aromatic N) is 3. The van der Waals surface area contributed by atoms with Crippen LogP contribution in [0.2, 0.25) is 0 Å². The van der Waals surface area contributed by atoms with Gasteiger partial charge in [-0.15, -0.1) is 0 Å². The van der Waals surface area contributed by atoms with E-state index in [2.05, 4.69) is 5.32 Å². The molecule has 49 heavy (non-hydrogen) atoms. The van der Waals surface area contributed by atoms with Crippen LogP contribution in [0.4, 0.5) is 20.6 Å². The van der Waals surface area contributed by atoms with Gasteiger partial charge in [0.1, 0.15) is 11.9 Å². The molecule has 2 fully saturated rings. The first kappa shape index (κ1) is 40.9. The van der Waals surface area contributed by atoms with Crippen LogP contribution in [-0.2, 0) is 41.6 Å². The predicted octanol–water partition coefficient (Wildman–Crippen LogP) is 6.13. The summed E-state index contributed by atoms with van der Waals surface area (Å²) in [7, 11) is -8.28. The Morgan fingerprint density at radius 1 is 0.898 bits per heavy atom. The van der Waals surface area contributed by atoms with Crippen LogP contribution in [0, 0.1) is 5.82 Å². The van der Waals surface area contributed by atoms with E-state index in [0.29, 0.717) is 37.6 Å². The number of benzene rings is 1. The van der Waals surface area contributed by atoms with Crippen molar-refractivity contribution in [2.45, 2.75) is 111 Å². The minimum atomic E-state index is -4.14. The lowest BCUT2D eigenvalue weighted by molar-refractivity contribution is -0.131. The van der Waals surface area contributed by atoms with E-state index in [-0.39, 0.29) is 37.7 Å². The van der Waals surface area contributed by atoms with Crippen molar-refractivity contribution in [2.75, 3.05) is 49.1 Å². The van der Waals surface area contributed by atoms with E-state index in [1.54, 1.807) is 72.4 Å². The molecule has 0 saturated carbocycles. The summed E-state index contributed by atoms with van der Waals surface area (Å²) in [6, 6.07) is 4.48. The van der Waals surface area contributed by atoms with Gasteiger partial charge in [-0.3, -0.25) is 23.6 Å². The van der Waals surface area contributed by atoms with Crippen LogP contribution in [0.1, 0.15) is 75.2 Å². The molecule has 0 radical (unpaired) electrons. The standard InChI is InChI=1S/C32H53FN4O10P2/c1-21(2)44-48(41,45-22(3)4)31(49(42,46-23(5)6)47-24(7)8)13-12-30(39)36-16-14-35(15-17-36)29-11-10-26(18-28(29)33)37-20-27(43-32(37)40)19-34-25(9)38/h10-11,18,21-24,27,31H,12-17,19-20H2,1-9H3,(H,34,38).